The largest absolute Gasteiger partial charge is 0.443 e. The fourth-order valence-corrected chi connectivity index (χ4v) is 3.59. The van der Waals surface area contributed by atoms with E-state index in [1.165, 1.54) is 6.07 Å². The first-order chi connectivity index (χ1) is 11.2. The van der Waals surface area contributed by atoms with Crippen LogP contribution in [-0.2, 0) is 26.9 Å². The number of rotatable bonds is 4. The fraction of sp³-hybridized carbons (Fsp3) is 0.0667. The zero-order chi connectivity index (χ0) is 17.5. The summed E-state index contributed by atoms with van der Waals surface area (Å²) in [5.74, 6) is -0.0433. The van der Waals surface area contributed by atoms with Gasteiger partial charge >= 0.3 is 0 Å². The van der Waals surface area contributed by atoms with Crippen molar-refractivity contribution in [2.24, 2.45) is 5.14 Å². The van der Waals surface area contributed by atoms with Crippen LogP contribution in [0.15, 0.2) is 52.0 Å². The molecule has 0 saturated heterocycles. The van der Waals surface area contributed by atoms with Crippen LogP contribution in [0.4, 0.5) is 0 Å². The highest BCUT2D eigenvalue weighted by Crippen LogP contribution is 2.32. The summed E-state index contributed by atoms with van der Waals surface area (Å²) in [7, 11) is -3.93. The molecule has 1 heterocycles. The normalized spacial score (nSPS) is 13.3. The third kappa shape index (κ3) is 3.52. The molecule has 9 heteroatoms. The molecule has 0 spiro atoms. The van der Waals surface area contributed by atoms with Gasteiger partial charge in [0, 0.05) is 16.5 Å². The summed E-state index contributed by atoms with van der Waals surface area (Å²) in [6.45, 7) is 0. The van der Waals surface area contributed by atoms with E-state index in [4.69, 9.17) is 25.7 Å². The molecule has 3 aromatic rings. The number of sulfonamides is 1. The second-order valence-corrected chi connectivity index (χ2v) is 7.99. The van der Waals surface area contributed by atoms with E-state index in [1.807, 2.05) is 0 Å². The van der Waals surface area contributed by atoms with Gasteiger partial charge in [-0.2, -0.15) is 0 Å². The Bertz CT molecular complexity index is 1060. The monoisotopic (exact) mass is 385 g/mol. The topological polar surface area (TPSA) is 111 Å². The van der Waals surface area contributed by atoms with Gasteiger partial charge in [-0.3, -0.25) is 0 Å². The summed E-state index contributed by atoms with van der Waals surface area (Å²) in [6, 6.07) is 11.4. The van der Waals surface area contributed by atoms with Crippen molar-refractivity contribution in [1.29, 1.82) is 0 Å². The van der Waals surface area contributed by atoms with Crippen LogP contribution in [-0.4, -0.2) is 17.2 Å². The number of fused-ring (bicyclic) bond motifs is 1. The molecular formula is C15H12ClNO5S2. The van der Waals surface area contributed by atoms with Gasteiger partial charge in [-0.1, -0.05) is 23.7 Å². The van der Waals surface area contributed by atoms with Crippen molar-refractivity contribution in [3.63, 3.8) is 0 Å². The number of nitrogens with two attached hydrogens (primary N) is 1. The summed E-state index contributed by atoms with van der Waals surface area (Å²) in [5, 5.41) is 5.78. The van der Waals surface area contributed by atoms with Crippen LogP contribution in [0.3, 0.4) is 0 Å². The molecule has 1 atom stereocenters. The molecule has 1 unspecified atom stereocenters. The molecule has 1 aromatic heterocycles. The number of hydrogen-bond donors (Lipinski definition) is 2. The summed E-state index contributed by atoms with van der Waals surface area (Å²) >= 11 is 4.03. The van der Waals surface area contributed by atoms with Gasteiger partial charge in [-0.05, 0) is 41.0 Å². The Balaban J connectivity index is 2.16. The molecule has 0 amide bonds. The van der Waals surface area contributed by atoms with E-state index < -0.39 is 21.1 Å². The van der Waals surface area contributed by atoms with E-state index in [2.05, 4.69) is 0 Å². The molecule has 3 N–H and O–H groups in total. The van der Waals surface area contributed by atoms with Crippen LogP contribution in [0.1, 0.15) is 5.56 Å². The summed E-state index contributed by atoms with van der Waals surface area (Å²) in [5.41, 5.74) is 2.42. The Labute approximate surface area is 145 Å². The van der Waals surface area contributed by atoms with Crippen molar-refractivity contribution in [2.75, 3.05) is 0 Å². The maximum absolute atomic E-state index is 11.4. The highest BCUT2D eigenvalue weighted by Gasteiger charge is 2.16. The standard InChI is InChI=1S/C15H12ClNO5S2/c16-12-3-1-10(8-23(18)19)13(7-12)9-2-4-14-11(5-9)6-15(22-14)24(17,20)21/h1-7H,8H2,(H,18,19)(H2,17,20,21). The number of furan rings is 1. The third-order valence-electron chi connectivity index (χ3n) is 3.44. The minimum absolute atomic E-state index is 0.0433. The van der Waals surface area contributed by atoms with Gasteiger partial charge in [-0.15, -0.1) is 0 Å². The summed E-state index contributed by atoms with van der Waals surface area (Å²) < 4.78 is 48.3. The summed E-state index contributed by atoms with van der Waals surface area (Å²) in [4.78, 5) is 0. The first-order valence-corrected chi connectivity index (χ1v) is 9.87. The maximum Gasteiger partial charge on any atom is 0.271 e. The lowest BCUT2D eigenvalue weighted by atomic mass is 9.99. The molecule has 6 nitrogen and oxygen atoms in total. The maximum atomic E-state index is 11.4. The summed E-state index contributed by atoms with van der Waals surface area (Å²) in [6.07, 6.45) is 0. The van der Waals surface area contributed by atoms with Crippen LogP contribution in [0.25, 0.3) is 22.1 Å². The first-order valence-electron chi connectivity index (χ1n) is 6.67. The molecule has 24 heavy (non-hydrogen) atoms. The minimum Gasteiger partial charge on any atom is -0.443 e. The predicted molar refractivity (Wildman–Crippen MR) is 92.5 cm³/mol. The molecule has 126 valence electrons. The zero-order valence-electron chi connectivity index (χ0n) is 12.1. The van der Waals surface area contributed by atoms with Crippen molar-refractivity contribution in [3.05, 3.63) is 53.1 Å². The number of primary sulfonamides is 1. The van der Waals surface area contributed by atoms with Gasteiger partial charge < -0.3 is 8.97 Å². The number of halogens is 1. The SMILES string of the molecule is NS(=O)(=O)c1cc2cc(-c3cc(Cl)ccc3CS(=O)O)ccc2o1. The molecule has 3 rings (SSSR count). The quantitative estimate of drug-likeness (QED) is 0.670. The van der Waals surface area contributed by atoms with Crippen LogP contribution < -0.4 is 5.14 Å². The van der Waals surface area contributed by atoms with E-state index in [-0.39, 0.29) is 10.8 Å². The second-order valence-electron chi connectivity index (χ2n) is 5.13. The smallest absolute Gasteiger partial charge is 0.271 e. The fourth-order valence-electron chi connectivity index (χ4n) is 2.40. The van der Waals surface area contributed by atoms with E-state index in [1.54, 1.807) is 36.4 Å². The number of benzene rings is 2. The van der Waals surface area contributed by atoms with Crippen molar-refractivity contribution in [2.45, 2.75) is 10.8 Å². The van der Waals surface area contributed by atoms with Gasteiger partial charge in [0.25, 0.3) is 10.0 Å². The molecule has 0 aliphatic rings. The van der Waals surface area contributed by atoms with Gasteiger partial charge in [0.2, 0.25) is 5.09 Å². The lowest BCUT2D eigenvalue weighted by Crippen LogP contribution is -2.10. The molecule has 0 saturated carbocycles. The van der Waals surface area contributed by atoms with Crippen LogP contribution in [0, 0.1) is 0 Å². The van der Waals surface area contributed by atoms with Crippen LogP contribution in [0.2, 0.25) is 5.02 Å². The Morgan fingerprint density at radius 2 is 1.92 bits per heavy atom. The van der Waals surface area contributed by atoms with Gasteiger partial charge in [-0.25, -0.2) is 17.8 Å². The third-order valence-corrected chi connectivity index (χ3v) is 4.99. The molecule has 0 radical (unpaired) electrons. The Morgan fingerprint density at radius 3 is 2.58 bits per heavy atom. The molecule has 2 aromatic carbocycles. The van der Waals surface area contributed by atoms with Crippen molar-refractivity contribution < 1.29 is 21.6 Å². The average Bonchev–Trinajstić information content (AvgIpc) is 2.92. The minimum atomic E-state index is -3.93. The van der Waals surface area contributed by atoms with Gasteiger partial charge in [0.1, 0.15) is 5.58 Å². The first kappa shape index (κ1) is 17.1. The predicted octanol–water partition coefficient (Wildman–Crippen LogP) is 3.12. The average molecular weight is 386 g/mol. The number of hydrogen-bond acceptors (Lipinski definition) is 4. The van der Waals surface area contributed by atoms with Crippen molar-refractivity contribution in [1.82, 2.24) is 0 Å². The molecule has 0 fully saturated rings. The van der Waals surface area contributed by atoms with Crippen molar-refractivity contribution >= 4 is 43.7 Å². The Morgan fingerprint density at radius 1 is 1.17 bits per heavy atom. The van der Waals surface area contributed by atoms with E-state index in [9.17, 15) is 12.6 Å². The van der Waals surface area contributed by atoms with Gasteiger partial charge in [0.15, 0.2) is 11.1 Å². The molecular weight excluding hydrogens is 374 g/mol. The van der Waals surface area contributed by atoms with E-state index in [0.29, 0.717) is 32.7 Å². The lowest BCUT2D eigenvalue weighted by molar-refractivity contribution is 0.482. The molecule has 0 bridgehead atoms. The molecule has 0 aliphatic heterocycles. The van der Waals surface area contributed by atoms with Crippen LogP contribution >= 0.6 is 11.6 Å². The highest BCUT2D eigenvalue weighted by atomic mass is 35.5. The highest BCUT2D eigenvalue weighted by molar-refractivity contribution is 7.89. The van der Waals surface area contributed by atoms with E-state index in [0.717, 1.165) is 0 Å². The van der Waals surface area contributed by atoms with Crippen LogP contribution in [0.5, 0.6) is 0 Å². The molecule has 0 aliphatic carbocycles. The lowest BCUT2D eigenvalue weighted by Gasteiger charge is -2.09. The van der Waals surface area contributed by atoms with Gasteiger partial charge in [0.05, 0.1) is 5.75 Å². The Kier molecular flexibility index (Phi) is 4.50. The Hall–Kier alpha value is -1.71. The van der Waals surface area contributed by atoms with E-state index >= 15 is 0 Å². The van der Waals surface area contributed by atoms with Crippen molar-refractivity contribution in [3.8, 4) is 11.1 Å². The zero-order valence-corrected chi connectivity index (χ0v) is 14.5. The second kappa shape index (κ2) is 6.30.